The molecule has 0 aliphatic heterocycles. The van der Waals surface area contributed by atoms with Crippen LogP contribution < -0.4 is 5.73 Å². The van der Waals surface area contributed by atoms with Gasteiger partial charge in [0.2, 0.25) is 0 Å². The van der Waals surface area contributed by atoms with Crippen LogP contribution in [0.5, 0.6) is 0 Å². The Morgan fingerprint density at radius 2 is 1.71 bits per heavy atom. The topological polar surface area (TPSA) is 64.7 Å². The molecule has 0 bridgehead atoms. The summed E-state index contributed by atoms with van der Waals surface area (Å²) in [6.45, 7) is 7.34. The molecule has 0 atom stereocenters. The van der Waals surface area contributed by atoms with Gasteiger partial charge in [0.05, 0.1) is 26.4 Å². The second kappa shape index (κ2) is 18.6. The molecule has 0 rings (SSSR count). The van der Waals surface area contributed by atoms with E-state index in [4.69, 9.17) is 20.3 Å². The van der Waals surface area contributed by atoms with E-state index in [1.807, 2.05) is 6.92 Å². The van der Waals surface area contributed by atoms with Crippen LogP contribution in [0, 0.1) is 0 Å². The number of hydrogen-bond donors (Lipinski definition) is 2. The molecular weight excluding hydrogens is 182 g/mol. The summed E-state index contributed by atoms with van der Waals surface area (Å²) in [6.07, 6.45) is 2.39. The predicted octanol–water partition coefficient (Wildman–Crippen LogP) is 0.777. The molecule has 0 aliphatic rings. The molecule has 0 aliphatic carbocycles. The molecule has 0 aromatic rings. The summed E-state index contributed by atoms with van der Waals surface area (Å²) in [6, 6.07) is 0. The van der Waals surface area contributed by atoms with Gasteiger partial charge in [-0.05, 0) is 19.9 Å². The molecule has 3 N–H and O–H groups in total. The van der Waals surface area contributed by atoms with Gasteiger partial charge in [0.25, 0.3) is 0 Å². The smallest absolute Gasteiger partial charge is 0.0701 e. The van der Waals surface area contributed by atoms with E-state index in [0.717, 1.165) is 13.2 Å². The Bertz CT molecular complexity index is 73.8. The van der Waals surface area contributed by atoms with E-state index < -0.39 is 0 Å². The Kier molecular flexibility index (Phi) is 21.6. The lowest BCUT2D eigenvalue weighted by atomic mass is 10.3. The third-order valence-electron chi connectivity index (χ3n) is 1.37. The number of aliphatic hydroxyl groups is 1. The molecule has 14 heavy (non-hydrogen) atoms. The van der Waals surface area contributed by atoms with E-state index in [9.17, 15) is 0 Å². The van der Waals surface area contributed by atoms with Gasteiger partial charge in [0.1, 0.15) is 0 Å². The molecule has 0 fully saturated rings. The van der Waals surface area contributed by atoms with Gasteiger partial charge in [-0.25, -0.2) is 0 Å². The molecule has 0 spiro atoms. The molecule has 4 nitrogen and oxygen atoms in total. The Balaban J connectivity index is 0. The molecule has 0 aromatic heterocycles. The van der Waals surface area contributed by atoms with Crippen molar-refractivity contribution in [3.63, 3.8) is 0 Å². The number of aliphatic hydroxyl groups excluding tert-OH is 1. The maximum atomic E-state index is 8.26. The summed E-state index contributed by atoms with van der Waals surface area (Å²) < 4.78 is 9.88. The van der Waals surface area contributed by atoms with Crippen LogP contribution >= 0.6 is 0 Å². The third kappa shape index (κ3) is 22.6. The molecule has 88 valence electrons. The molecule has 4 heteroatoms. The van der Waals surface area contributed by atoms with Gasteiger partial charge < -0.3 is 20.3 Å². The highest BCUT2D eigenvalue weighted by Crippen LogP contribution is 1.77. The van der Waals surface area contributed by atoms with Gasteiger partial charge in [0, 0.05) is 6.61 Å². The second-order valence-electron chi connectivity index (χ2n) is 2.68. The number of nitrogens with two attached hydrogens (primary N) is 1. The first-order valence-corrected chi connectivity index (χ1v) is 5.29. The van der Waals surface area contributed by atoms with Crippen LogP contribution in [0.15, 0.2) is 0 Å². The SMILES string of the molecule is CCCCN.CCOCCOCCO. The molecule has 0 amide bonds. The largest absolute Gasteiger partial charge is 0.394 e. The van der Waals surface area contributed by atoms with Crippen molar-refractivity contribution in [2.24, 2.45) is 5.73 Å². The zero-order valence-corrected chi connectivity index (χ0v) is 9.50. The van der Waals surface area contributed by atoms with Crippen LogP contribution in [-0.4, -0.2) is 44.7 Å². The molecule has 0 saturated carbocycles. The summed E-state index contributed by atoms with van der Waals surface area (Å²) in [5, 5.41) is 8.26. The number of unbranched alkanes of at least 4 members (excludes halogenated alkanes) is 1. The van der Waals surface area contributed by atoms with Gasteiger partial charge in [-0.2, -0.15) is 0 Å². The highest BCUT2D eigenvalue weighted by Gasteiger charge is 1.84. The molecule has 0 unspecified atom stereocenters. The number of ether oxygens (including phenoxy) is 2. The van der Waals surface area contributed by atoms with Crippen molar-refractivity contribution in [3.8, 4) is 0 Å². The number of hydrogen-bond acceptors (Lipinski definition) is 4. The van der Waals surface area contributed by atoms with Crippen molar-refractivity contribution in [2.75, 3.05) is 39.6 Å². The van der Waals surface area contributed by atoms with E-state index >= 15 is 0 Å². The highest BCUT2D eigenvalue weighted by atomic mass is 16.5. The maximum Gasteiger partial charge on any atom is 0.0701 e. The van der Waals surface area contributed by atoms with Crippen molar-refractivity contribution in [3.05, 3.63) is 0 Å². The van der Waals surface area contributed by atoms with Crippen molar-refractivity contribution < 1.29 is 14.6 Å². The van der Waals surface area contributed by atoms with E-state index in [-0.39, 0.29) is 6.61 Å². The van der Waals surface area contributed by atoms with Gasteiger partial charge >= 0.3 is 0 Å². The minimum Gasteiger partial charge on any atom is -0.394 e. The Hall–Kier alpha value is -0.160. The fourth-order valence-electron chi connectivity index (χ4n) is 0.633. The fraction of sp³-hybridized carbons (Fsp3) is 1.00. The zero-order chi connectivity index (χ0) is 11.1. The minimum absolute atomic E-state index is 0.0894. The summed E-state index contributed by atoms with van der Waals surface area (Å²) in [4.78, 5) is 0. The monoisotopic (exact) mass is 207 g/mol. The minimum atomic E-state index is 0.0894. The summed E-state index contributed by atoms with van der Waals surface area (Å²) in [5.41, 5.74) is 5.14. The van der Waals surface area contributed by atoms with Gasteiger partial charge in [-0.15, -0.1) is 0 Å². The van der Waals surface area contributed by atoms with Crippen molar-refractivity contribution >= 4 is 0 Å². The second-order valence-corrected chi connectivity index (χ2v) is 2.68. The van der Waals surface area contributed by atoms with Crippen molar-refractivity contribution in [1.82, 2.24) is 0 Å². The van der Waals surface area contributed by atoms with Crippen LogP contribution in [0.2, 0.25) is 0 Å². The van der Waals surface area contributed by atoms with Crippen molar-refractivity contribution in [1.29, 1.82) is 0 Å². The average Bonchev–Trinajstić information content (AvgIpc) is 2.20. The van der Waals surface area contributed by atoms with Gasteiger partial charge in [-0.3, -0.25) is 0 Å². The van der Waals surface area contributed by atoms with Crippen LogP contribution in [0.25, 0.3) is 0 Å². The molecular formula is C10H25NO3. The van der Waals surface area contributed by atoms with E-state index in [0.29, 0.717) is 19.8 Å². The Morgan fingerprint density at radius 3 is 2.07 bits per heavy atom. The first-order chi connectivity index (χ1) is 6.83. The van der Waals surface area contributed by atoms with E-state index in [2.05, 4.69) is 6.92 Å². The standard InChI is InChI=1S/C6H14O3.C4H11N/c1-2-8-5-6-9-4-3-7;1-2-3-4-5/h7H,2-6H2,1H3;2-5H2,1H3. The maximum absolute atomic E-state index is 8.26. The zero-order valence-electron chi connectivity index (χ0n) is 9.50. The summed E-state index contributed by atoms with van der Waals surface area (Å²) in [5.74, 6) is 0. The lowest BCUT2D eigenvalue weighted by molar-refractivity contribution is 0.0370. The first-order valence-electron chi connectivity index (χ1n) is 5.29. The molecule has 0 radical (unpaired) electrons. The highest BCUT2D eigenvalue weighted by molar-refractivity contribution is 4.29. The van der Waals surface area contributed by atoms with E-state index in [1.165, 1.54) is 12.8 Å². The van der Waals surface area contributed by atoms with Crippen LogP contribution in [0.3, 0.4) is 0 Å². The quantitative estimate of drug-likeness (QED) is 0.577. The van der Waals surface area contributed by atoms with Gasteiger partial charge in [0.15, 0.2) is 0 Å². The van der Waals surface area contributed by atoms with Crippen LogP contribution in [0.4, 0.5) is 0 Å². The Morgan fingerprint density at radius 1 is 1.07 bits per heavy atom. The fourth-order valence-corrected chi connectivity index (χ4v) is 0.633. The summed E-state index contributed by atoms with van der Waals surface area (Å²) in [7, 11) is 0. The van der Waals surface area contributed by atoms with Gasteiger partial charge in [-0.1, -0.05) is 13.3 Å². The normalized spacial score (nSPS) is 9.43. The molecule has 0 aromatic carbocycles. The lowest BCUT2D eigenvalue weighted by Gasteiger charge is -2.00. The lowest BCUT2D eigenvalue weighted by Crippen LogP contribution is -2.06. The third-order valence-corrected chi connectivity index (χ3v) is 1.37. The summed E-state index contributed by atoms with van der Waals surface area (Å²) >= 11 is 0. The van der Waals surface area contributed by atoms with Crippen LogP contribution in [0.1, 0.15) is 26.7 Å². The Labute approximate surface area is 87.4 Å². The van der Waals surface area contributed by atoms with Crippen molar-refractivity contribution in [2.45, 2.75) is 26.7 Å². The van der Waals surface area contributed by atoms with Crippen LogP contribution in [-0.2, 0) is 9.47 Å². The molecule has 0 saturated heterocycles. The first kappa shape index (κ1) is 16.3. The molecule has 0 heterocycles. The number of rotatable bonds is 8. The predicted molar refractivity (Wildman–Crippen MR) is 58.4 cm³/mol. The van der Waals surface area contributed by atoms with E-state index in [1.54, 1.807) is 0 Å². The average molecular weight is 207 g/mol.